The number of ether oxygens (including phenoxy) is 1. The van der Waals surface area contributed by atoms with Gasteiger partial charge in [-0.2, -0.15) is 0 Å². The Bertz CT molecular complexity index is 1430. The molecule has 3 aliphatic heterocycles. The number of nitrogens with zero attached hydrogens (tertiary/aromatic N) is 2. The maximum Gasteiger partial charge on any atom is 0.251 e. The van der Waals surface area contributed by atoms with E-state index in [1.165, 1.54) is 17.0 Å². The molecule has 3 heterocycles. The van der Waals surface area contributed by atoms with E-state index in [4.69, 9.17) is 10.5 Å². The second-order valence-electron chi connectivity index (χ2n) is 11.2. The Balaban J connectivity index is 1.50. The number of carbonyl (C=O) groups excluding carboxylic acids is 2. The highest BCUT2D eigenvalue weighted by molar-refractivity contribution is 7.91. The molecule has 0 aromatic heterocycles. The smallest absolute Gasteiger partial charge is 0.251 e. The van der Waals surface area contributed by atoms with Gasteiger partial charge in [0.05, 0.1) is 34.7 Å². The van der Waals surface area contributed by atoms with Gasteiger partial charge >= 0.3 is 0 Å². The molecule has 0 fully saturated rings. The van der Waals surface area contributed by atoms with E-state index in [9.17, 15) is 18.0 Å². The molecule has 196 valence electrons. The van der Waals surface area contributed by atoms with Crippen LogP contribution in [0.25, 0.3) is 0 Å². The summed E-state index contributed by atoms with van der Waals surface area (Å²) >= 11 is 0. The van der Waals surface area contributed by atoms with E-state index in [0.29, 0.717) is 17.5 Å². The fourth-order valence-electron chi connectivity index (χ4n) is 5.53. The second kappa shape index (κ2) is 8.58. The first-order valence-corrected chi connectivity index (χ1v) is 14.0. The van der Waals surface area contributed by atoms with Gasteiger partial charge in [0.25, 0.3) is 5.91 Å². The van der Waals surface area contributed by atoms with Gasteiger partial charge in [-0.15, -0.1) is 0 Å². The monoisotopic (exact) mass is 524 g/mol. The minimum Gasteiger partial charge on any atom is -0.487 e. The molecule has 2 aromatic rings. The molecule has 0 saturated carbocycles. The SMILES string of the molecule is CC1(C)CC(=O)N([C@H]2CCS(=O)(=O)c3ccc(C(=O)N[C@H]4CC(C)(C)Oc5ccccc54)cc32)C(N)=N1. The van der Waals surface area contributed by atoms with Gasteiger partial charge in [-0.3, -0.25) is 14.5 Å². The number of nitrogens with one attached hydrogen (secondary N) is 1. The van der Waals surface area contributed by atoms with Crippen LogP contribution in [0.15, 0.2) is 52.4 Å². The molecular weight excluding hydrogens is 492 g/mol. The van der Waals surface area contributed by atoms with Crippen LogP contribution in [0, 0.1) is 0 Å². The molecule has 37 heavy (non-hydrogen) atoms. The first-order valence-electron chi connectivity index (χ1n) is 12.4. The van der Waals surface area contributed by atoms with Gasteiger partial charge in [-0.05, 0) is 63.9 Å². The quantitative estimate of drug-likeness (QED) is 0.634. The summed E-state index contributed by atoms with van der Waals surface area (Å²) < 4.78 is 31.9. The first-order chi connectivity index (χ1) is 17.3. The van der Waals surface area contributed by atoms with Crippen molar-refractivity contribution in [2.75, 3.05) is 5.75 Å². The maximum absolute atomic E-state index is 13.4. The van der Waals surface area contributed by atoms with E-state index in [0.717, 1.165) is 11.3 Å². The molecule has 2 amide bonds. The number of nitrogens with two attached hydrogens (primary N) is 1. The lowest BCUT2D eigenvalue weighted by molar-refractivity contribution is -0.131. The summed E-state index contributed by atoms with van der Waals surface area (Å²) in [6.07, 6.45) is 0.901. The molecule has 3 N–H and O–H groups in total. The molecule has 3 aliphatic rings. The number of rotatable bonds is 3. The summed E-state index contributed by atoms with van der Waals surface area (Å²) in [5.74, 6) is 0.109. The number of carbonyl (C=O) groups is 2. The Morgan fingerprint density at radius 1 is 1.14 bits per heavy atom. The normalized spacial score (nSPS) is 25.2. The van der Waals surface area contributed by atoms with Crippen LogP contribution in [0.4, 0.5) is 0 Å². The van der Waals surface area contributed by atoms with Crippen LogP contribution in [0.1, 0.15) is 80.5 Å². The maximum atomic E-state index is 13.4. The zero-order chi connectivity index (χ0) is 26.8. The highest BCUT2D eigenvalue weighted by Crippen LogP contribution is 2.41. The number of fused-ring (bicyclic) bond motifs is 2. The lowest BCUT2D eigenvalue weighted by Gasteiger charge is -2.40. The van der Waals surface area contributed by atoms with Crippen molar-refractivity contribution in [3.05, 3.63) is 59.2 Å². The molecule has 10 heteroatoms. The third-order valence-electron chi connectivity index (χ3n) is 7.14. The summed E-state index contributed by atoms with van der Waals surface area (Å²) in [6, 6.07) is 11.2. The van der Waals surface area contributed by atoms with E-state index < -0.39 is 27.0 Å². The zero-order valence-corrected chi connectivity index (χ0v) is 22.3. The van der Waals surface area contributed by atoms with E-state index in [1.54, 1.807) is 6.07 Å². The molecule has 0 spiro atoms. The van der Waals surface area contributed by atoms with Crippen LogP contribution in [0.5, 0.6) is 5.75 Å². The predicted octanol–water partition coefficient (Wildman–Crippen LogP) is 3.26. The van der Waals surface area contributed by atoms with Crippen molar-refractivity contribution in [1.82, 2.24) is 10.2 Å². The van der Waals surface area contributed by atoms with E-state index >= 15 is 0 Å². The van der Waals surface area contributed by atoms with Gasteiger partial charge in [-0.1, -0.05) is 18.2 Å². The van der Waals surface area contributed by atoms with Crippen LogP contribution in [-0.2, 0) is 14.6 Å². The van der Waals surface area contributed by atoms with Gasteiger partial charge < -0.3 is 15.8 Å². The number of benzene rings is 2. The van der Waals surface area contributed by atoms with Gasteiger partial charge in [0.1, 0.15) is 11.4 Å². The van der Waals surface area contributed by atoms with Gasteiger partial charge in [0.15, 0.2) is 15.8 Å². The highest BCUT2D eigenvalue weighted by atomic mass is 32.2. The highest BCUT2D eigenvalue weighted by Gasteiger charge is 2.42. The fourth-order valence-corrected chi connectivity index (χ4v) is 7.11. The molecule has 2 aromatic carbocycles. The third kappa shape index (κ3) is 4.70. The van der Waals surface area contributed by atoms with Crippen LogP contribution in [0.2, 0.25) is 0 Å². The average Bonchev–Trinajstić information content (AvgIpc) is 2.78. The van der Waals surface area contributed by atoms with Gasteiger partial charge in [-0.25, -0.2) is 13.4 Å². The van der Waals surface area contributed by atoms with E-state index in [1.807, 2.05) is 52.0 Å². The zero-order valence-electron chi connectivity index (χ0n) is 21.4. The number of aliphatic imine (C=N–C) groups is 1. The molecule has 5 rings (SSSR count). The van der Waals surface area contributed by atoms with Crippen molar-refractivity contribution >= 4 is 27.6 Å². The lowest BCUT2D eigenvalue weighted by atomic mass is 9.89. The van der Waals surface area contributed by atoms with Crippen LogP contribution in [0.3, 0.4) is 0 Å². The topological polar surface area (TPSA) is 131 Å². The Morgan fingerprint density at radius 3 is 2.59 bits per heavy atom. The molecular formula is C27H32N4O5S. The van der Waals surface area contributed by atoms with E-state index in [2.05, 4.69) is 10.3 Å². The second-order valence-corrected chi connectivity index (χ2v) is 13.3. The Kier molecular flexibility index (Phi) is 5.86. The predicted molar refractivity (Wildman–Crippen MR) is 139 cm³/mol. The number of guanidine groups is 1. The van der Waals surface area contributed by atoms with Crippen LogP contribution >= 0.6 is 0 Å². The number of hydrogen-bond acceptors (Lipinski definition) is 7. The standard InChI is InChI=1S/C27H32N4O5S/c1-26(2)15-23(32)31(25(28)30-26)20-11-12-37(34,35)22-10-9-16(13-18(20)22)24(33)29-19-14-27(3,4)36-21-8-6-5-7-17(19)21/h5-10,13,19-20H,11-12,14-15H2,1-4H3,(H2,28,30)(H,29,33)/t19-,20-/m0/s1. The summed E-state index contributed by atoms with van der Waals surface area (Å²) in [6.45, 7) is 7.59. The number of amides is 2. The van der Waals surface area contributed by atoms with Crippen molar-refractivity contribution in [3.8, 4) is 5.75 Å². The van der Waals surface area contributed by atoms with Crippen molar-refractivity contribution < 1.29 is 22.7 Å². The Hall–Kier alpha value is -3.40. The Morgan fingerprint density at radius 2 is 1.86 bits per heavy atom. The summed E-state index contributed by atoms with van der Waals surface area (Å²) in [5, 5.41) is 3.10. The Labute approximate surface area is 217 Å². The number of para-hydroxylation sites is 1. The summed E-state index contributed by atoms with van der Waals surface area (Å²) in [5.41, 5.74) is 6.69. The largest absolute Gasteiger partial charge is 0.487 e. The summed E-state index contributed by atoms with van der Waals surface area (Å²) in [7, 11) is -3.56. The lowest BCUT2D eigenvalue weighted by Crippen LogP contribution is -2.52. The minimum absolute atomic E-state index is 0.0624. The number of hydrogen-bond donors (Lipinski definition) is 2. The van der Waals surface area contributed by atoms with Crippen LogP contribution in [-0.4, -0.2) is 48.0 Å². The van der Waals surface area contributed by atoms with Crippen molar-refractivity contribution in [3.63, 3.8) is 0 Å². The molecule has 0 radical (unpaired) electrons. The molecule has 0 aliphatic carbocycles. The van der Waals surface area contributed by atoms with Crippen molar-refractivity contribution in [2.24, 2.45) is 10.7 Å². The van der Waals surface area contributed by atoms with E-state index in [-0.39, 0.29) is 47.3 Å². The third-order valence-corrected chi connectivity index (χ3v) is 8.95. The fraction of sp³-hybridized carbons (Fsp3) is 0.444. The molecule has 0 bridgehead atoms. The average molecular weight is 525 g/mol. The minimum atomic E-state index is -3.56. The molecule has 0 unspecified atom stereocenters. The first kappa shape index (κ1) is 25.3. The summed E-state index contributed by atoms with van der Waals surface area (Å²) in [4.78, 5) is 32.5. The van der Waals surface area contributed by atoms with Crippen molar-refractivity contribution in [2.45, 2.75) is 75.1 Å². The molecule has 2 atom stereocenters. The van der Waals surface area contributed by atoms with Gasteiger partial charge in [0.2, 0.25) is 5.91 Å². The number of sulfone groups is 1. The van der Waals surface area contributed by atoms with Crippen LogP contribution < -0.4 is 15.8 Å². The van der Waals surface area contributed by atoms with Gasteiger partial charge in [0, 0.05) is 17.5 Å². The molecule has 0 saturated heterocycles. The molecule has 9 nitrogen and oxygen atoms in total. The van der Waals surface area contributed by atoms with Crippen molar-refractivity contribution in [1.29, 1.82) is 0 Å².